The van der Waals surface area contributed by atoms with Crippen molar-refractivity contribution in [3.8, 4) is 0 Å². The smallest absolute Gasteiger partial charge is 0.304 e. The molecule has 1 rings (SSSR count). The summed E-state index contributed by atoms with van der Waals surface area (Å²) in [6.07, 6.45) is 0. The Balaban J connectivity index is 2.77. The van der Waals surface area contributed by atoms with Crippen molar-refractivity contribution in [3.63, 3.8) is 0 Å². The maximum Gasteiger partial charge on any atom is 0.304 e. The molecule has 0 aromatic heterocycles. The van der Waals surface area contributed by atoms with Crippen LogP contribution >= 0.6 is 0 Å². The standard InChI is InChI=1S/C10H13FN2O3/c1-12(4-5-14)7-8-2-3-10(13(15)16)9(11)6-8/h2-3,6,14H,4-5,7H2,1H3. The molecule has 0 unspecified atom stereocenters. The van der Waals surface area contributed by atoms with Gasteiger partial charge < -0.3 is 5.11 Å². The van der Waals surface area contributed by atoms with Crippen LogP contribution in [-0.2, 0) is 6.54 Å². The fourth-order valence-electron chi connectivity index (χ4n) is 1.36. The first-order valence-electron chi connectivity index (χ1n) is 4.77. The number of rotatable bonds is 5. The van der Waals surface area contributed by atoms with Crippen molar-refractivity contribution >= 4 is 5.69 Å². The average Bonchev–Trinajstić information content (AvgIpc) is 2.17. The fourth-order valence-corrected chi connectivity index (χ4v) is 1.36. The predicted octanol–water partition coefficient (Wildman–Crippen LogP) is 1.16. The van der Waals surface area contributed by atoms with E-state index in [1.165, 1.54) is 6.07 Å². The SMILES string of the molecule is CN(CCO)Cc1ccc([N+](=O)[O-])c(F)c1. The number of likely N-dealkylation sites (N-methyl/N-ethyl adjacent to an activating group) is 1. The van der Waals surface area contributed by atoms with Crippen LogP contribution in [0.3, 0.4) is 0 Å². The molecule has 0 radical (unpaired) electrons. The van der Waals surface area contributed by atoms with Crippen LogP contribution in [0.5, 0.6) is 0 Å². The lowest BCUT2D eigenvalue weighted by Gasteiger charge is -2.14. The molecular weight excluding hydrogens is 215 g/mol. The largest absolute Gasteiger partial charge is 0.395 e. The molecule has 0 bridgehead atoms. The molecule has 5 nitrogen and oxygen atoms in total. The number of aliphatic hydroxyl groups excluding tert-OH is 1. The monoisotopic (exact) mass is 228 g/mol. The summed E-state index contributed by atoms with van der Waals surface area (Å²) in [5.74, 6) is -0.833. The van der Waals surface area contributed by atoms with E-state index >= 15 is 0 Å². The molecular formula is C10H13FN2O3. The molecule has 0 heterocycles. The van der Waals surface area contributed by atoms with E-state index in [1.807, 2.05) is 0 Å². The van der Waals surface area contributed by atoms with E-state index in [0.717, 1.165) is 12.1 Å². The second-order valence-electron chi connectivity index (χ2n) is 3.50. The third-order valence-electron chi connectivity index (χ3n) is 2.14. The summed E-state index contributed by atoms with van der Waals surface area (Å²) >= 11 is 0. The lowest BCUT2D eigenvalue weighted by molar-refractivity contribution is -0.387. The van der Waals surface area contributed by atoms with E-state index in [2.05, 4.69) is 0 Å². The third-order valence-corrected chi connectivity index (χ3v) is 2.14. The van der Waals surface area contributed by atoms with Gasteiger partial charge in [0.2, 0.25) is 5.82 Å². The van der Waals surface area contributed by atoms with E-state index in [9.17, 15) is 14.5 Å². The number of nitro benzene ring substituents is 1. The van der Waals surface area contributed by atoms with E-state index < -0.39 is 16.4 Å². The topological polar surface area (TPSA) is 66.6 Å². The molecule has 0 atom stereocenters. The highest BCUT2D eigenvalue weighted by Gasteiger charge is 2.13. The minimum Gasteiger partial charge on any atom is -0.395 e. The highest BCUT2D eigenvalue weighted by atomic mass is 19.1. The Morgan fingerprint density at radius 1 is 1.56 bits per heavy atom. The van der Waals surface area contributed by atoms with E-state index in [4.69, 9.17) is 5.11 Å². The zero-order valence-electron chi connectivity index (χ0n) is 8.89. The predicted molar refractivity (Wildman–Crippen MR) is 56.5 cm³/mol. The molecule has 16 heavy (non-hydrogen) atoms. The first-order chi connectivity index (χ1) is 7.54. The Morgan fingerprint density at radius 2 is 2.25 bits per heavy atom. The molecule has 6 heteroatoms. The van der Waals surface area contributed by atoms with Crippen molar-refractivity contribution in [2.24, 2.45) is 0 Å². The molecule has 0 aliphatic carbocycles. The van der Waals surface area contributed by atoms with Crippen molar-refractivity contribution < 1.29 is 14.4 Å². The molecule has 1 aromatic carbocycles. The van der Waals surface area contributed by atoms with Crippen LogP contribution in [0.4, 0.5) is 10.1 Å². The van der Waals surface area contributed by atoms with Crippen LogP contribution in [0.25, 0.3) is 0 Å². The molecule has 88 valence electrons. The molecule has 1 N–H and O–H groups in total. The number of benzene rings is 1. The first kappa shape index (κ1) is 12.5. The van der Waals surface area contributed by atoms with E-state index in [1.54, 1.807) is 11.9 Å². The molecule has 0 fully saturated rings. The number of nitrogens with zero attached hydrogens (tertiary/aromatic N) is 2. The number of nitro groups is 1. The maximum atomic E-state index is 13.2. The van der Waals surface area contributed by atoms with E-state index in [-0.39, 0.29) is 6.61 Å². The number of hydrogen-bond acceptors (Lipinski definition) is 4. The molecule has 0 amide bonds. The Morgan fingerprint density at radius 3 is 2.75 bits per heavy atom. The second kappa shape index (κ2) is 5.53. The van der Waals surface area contributed by atoms with Crippen LogP contribution in [0.15, 0.2) is 18.2 Å². The van der Waals surface area contributed by atoms with Gasteiger partial charge in [-0.25, -0.2) is 0 Å². The van der Waals surface area contributed by atoms with Gasteiger partial charge in [-0.1, -0.05) is 6.07 Å². The van der Waals surface area contributed by atoms with Gasteiger partial charge in [-0.2, -0.15) is 4.39 Å². The van der Waals surface area contributed by atoms with Crippen molar-refractivity contribution in [3.05, 3.63) is 39.7 Å². The normalized spacial score (nSPS) is 10.8. The van der Waals surface area contributed by atoms with Gasteiger partial charge in [-0.3, -0.25) is 15.0 Å². The van der Waals surface area contributed by atoms with Gasteiger partial charge >= 0.3 is 5.69 Å². The average molecular weight is 228 g/mol. The molecule has 0 saturated heterocycles. The second-order valence-corrected chi connectivity index (χ2v) is 3.50. The summed E-state index contributed by atoms with van der Waals surface area (Å²) in [6.45, 7) is 0.931. The summed E-state index contributed by atoms with van der Waals surface area (Å²) in [4.78, 5) is 11.4. The van der Waals surface area contributed by atoms with Gasteiger partial charge in [0.25, 0.3) is 0 Å². The lowest BCUT2D eigenvalue weighted by atomic mass is 10.2. The van der Waals surface area contributed by atoms with Gasteiger partial charge in [0.15, 0.2) is 0 Å². The summed E-state index contributed by atoms with van der Waals surface area (Å²) in [7, 11) is 1.77. The van der Waals surface area contributed by atoms with Crippen LogP contribution in [-0.4, -0.2) is 35.1 Å². The minimum absolute atomic E-state index is 0.0198. The summed E-state index contributed by atoms with van der Waals surface area (Å²) in [5, 5.41) is 19.1. The zero-order chi connectivity index (χ0) is 12.1. The maximum absolute atomic E-state index is 13.2. The van der Waals surface area contributed by atoms with Crippen LogP contribution in [0.2, 0.25) is 0 Å². The van der Waals surface area contributed by atoms with Crippen LogP contribution in [0.1, 0.15) is 5.56 Å². The highest BCUT2D eigenvalue weighted by molar-refractivity contribution is 5.34. The molecule has 0 aliphatic rings. The molecule has 0 spiro atoms. The number of halogens is 1. The Labute approximate surface area is 92.3 Å². The molecule has 0 saturated carbocycles. The summed E-state index contributed by atoms with van der Waals surface area (Å²) < 4.78 is 13.2. The lowest BCUT2D eigenvalue weighted by Crippen LogP contribution is -2.21. The molecule has 0 aliphatic heterocycles. The summed E-state index contributed by atoms with van der Waals surface area (Å²) in [5.41, 5.74) is 0.118. The first-order valence-corrected chi connectivity index (χ1v) is 4.77. The van der Waals surface area contributed by atoms with Gasteiger partial charge in [-0.05, 0) is 18.7 Å². The molecule has 1 aromatic rings. The van der Waals surface area contributed by atoms with Gasteiger partial charge in [0, 0.05) is 19.2 Å². The Bertz CT molecular complexity index is 384. The van der Waals surface area contributed by atoms with Gasteiger partial charge in [0.05, 0.1) is 11.5 Å². The highest BCUT2D eigenvalue weighted by Crippen LogP contribution is 2.18. The van der Waals surface area contributed by atoms with E-state index in [0.29, 0.717) is 18.7 Å². The van der Waals surface area contributed by atoms with Gasteiger partial charge in [0.1, 0.15) is 0 Å². The summed E-state index contributed by atoms with van der Waals surface area (Å²) in [6, 6.07) is 3.80. The fraction of sp³-hybridized carbons (Fsp3) is 0.400. The number of hydrogen-bond donors (Lipinski definition) is 1. The Kier molecular flexibility index (Phi) is 4.33. The quantitative estimate of drug-likeness (QED) is 0.606. The third kappa shape index (κ3) is 3.25. The van der Waals surface area contributed by atoms with Crippen LogP contribution in [0, 0.1) is 15.9 Å². The van der Waals surface area contributed by atoms with Crippen molar-refractivity contribution in [1.82, 2.24) is 4.90 Å². The minimum atomic E-state index is -0.833. The van der Waals surface area contributed by atoms with Crippen molar-refractivity contribution in [2.75, 3.05) is 20.2 Å². The van der Waals surface area contributed by atoms with Crippen LogP contribution < -0.4 is 0 Å². The number of aliphatic hydroxyl groups is 1. The Hall–Kier alpha value is -1.53. The zero-order valence-corrected chi connectivity index (χ0v) is 8.89. The van der Waals surface area contributed by atoms with Crippen molar-refractivity contribution in [1.29, 1.82) is 0 Å². The van der Waals surface area contributed by atoms with Crippen molar-refractivity contribution in [2.45, 2.75) is 6.54 Å². The van der Waals surface area contributed by atoms with Gasteiger partial charge in [-0.15, -0.1) is 0 Å².